The molecular weight excluding hydrogens is 348 g/mol. The second kappa shape index (κ2) is 10.0. The van der Waals surface area contributed by atoms with E-state index in [1.165, 1.54) is 18.4 Å². The van der Waals surface area contributed by atoms with Crippen LogP contribution in [0.4, 0.5) is 0 Å². The van der Waals surface area contributed by atoms with Gasteiger partial charge in [0.25, 0.3) is 0 Å². The molecule has 152 valence electrons. The molecule has 2 aromatic carbocycles. The third-order valence-corrected chi connectivity index (χ3v) is 5.93. The largest absolute Gasteiger partial charge is 0.497 e. The Balaban J connectivity index is 0.00000109. The lowest BCUT2D eigenvalue weighted by Gasteiger charge is -2.40. The van der Waals surface area contributed by atoms with Crippen molar-refractivity contribution in [2.45, 2.75) is 45.6 Å². The minimum absolute atomic E-state index is 0.335. The molecule has 2 aliphatic heterocycles. The molecule has 0 amide bonds. The summed E-state index contributed by atoms with van der Waals surface area (Å²) in [5.74, 6) is 1.21. The summed E-state index contributed by atoms with van der Waals surface area (Å²) in [5.41, 5.74) is 1.85. The minimum atomic E-state index is 0.335. The normalized spacial score (nSPS) is 21.0. The Labute approximate surface area is 169 Å². The minimum Gasteiger partial charge on any atom is -0.497 e. The zero-order valence-electron chi connectivity index (χ0n) is 17.5. The molecule has 0 aliphatic carbocycles. The van der Waals surface area contributed by atoms with Crippen LogP contribution in [-0.2, 0) is 4.74 Å². The van der Waals surface area contributed by atoms with Crippen molar-refractivity contribution in [3.8, 4) is 5.75 Å². The van der Waals surface area contributed by atoms with Gasteiger partial charge in [0.1, 0.15) is 5.75 Å². The molecule has 0 aromatic heterocycles. The summed E-state index contributed by atoms with van der Waals surface area (Å²) in [5, 5.41) is 11.1. The number of ether oxygens (including phenoxy) is 2. The van der Waals surface area contributed by atoms with Gasteiger partial charge < -0.3 is 14.9 Å². The van der Waals surface area contributed by atoms with Crippen molar-refractivity contribution in [1.82, 2.24) is 4.90 Å². The zero-order chi connectivity index (χ0) is 19.9. The monoisotopic (exact) mass is 382 g/mol. The number of likely N-dealkylation sites (tertiary alicyclic amines) is 1. The Bertz CT molecular complexity index is 783. The SMILES string of the molecule is CC.COc1ccc2cc(C(=N)C3CCCN(C4CCOCC4)C3)ccc2c1. The summed E-state index contributed by atoms with van der Waals surface area (Å²) in [6.07, 6.45) is 4.59. The van der Waals surface area contributed by atoms with Crippen molar-refractivity contribution >= 4 is 16.5 Å². The van der Waals surface area contributed by atoms with Gasteiger partial charge in [0.15, 0.2) is 0 Å². The van der Waals surface area contributed by atoms with Crippen LogP contribution in [0.2, 0.25) is 0 Å². The molecule has 2 heterocycles. The second-order valence-corrected chi connectivity index (χ2v) is 7.52. The first-order chi connectivity index (χ1) is 13.7. The van der Waals surface area contributed by atoms with Crippen molar-refractivity contribution in [3.63, 3.8) is 0 Å². The fourth-order valence-corrected chi connectivity index (χ4v) is 4.38. The molecule has 0 saturated carbocycles. The van der Waals surface area contributed by atoms with Crippen molar-refractivity contribution < 1.29 is 9.47 Å². The van der Waals surface area contributed by atoms with Crippen LogP contribution in [0.3, 0.4) is 0 Å². The summed E-state index contributed by atoms with van der Waals surface area (Å²) in [4.78, 5) is 2.61. The summed E-state index contributed by atoms with van der Waals surface area (Å²) >= 11 is 0. The average molecular weight is 383 g/mol. The maximum absolute atomic E-state index is 8.81. The molecule has 2 fully saturated rings. The molecule has 0 spiro atoms. The van der Waals surface area contributed by atoms with E-state index < -0.39 is 0 Å². The highest BCUT2D eigenvalue weighted by atomic mass is 16.5. The summed E-state index contributed by atoms with van der Waals surface area (Å²) in [6, 6.07) is 13.1. The van der Waals surface area contributed by atoms with Gasteiger partial charge in [-0.2, -0.15) is 0 Å². The Morgan fingerprint density at radius 1 is 1.04 bits per heavy atom. The number of fused-ring (bicyclic) bond motifs is 1. The molecular formula is C24H34N2O2. The maximum Gasteiger partial charge on any atom is 0.119 e. The van der Waals surface area contributed by atoms with Crippen LogP contribution in [0, 0.1) is 11.3 Å². The van der Waals surface area contributed by atoms with Gasteiger partial charge in [-0.05, 0) is 66.8 Å². The number of benzene rings is 2. The van der Waals surface area contributed by atoms with Gasteiger partial charge in [-0.3, -0.25) is 4.90 Å². The van der Waals surface area contributed by atoms with E-state index >= 15 is 0 Å². The van der Waals surface area contributed by atoms with Crippen LogP contribution in [0.25, 0.3) is 10.8 Å². The third-order valence-electron chi connectivity index (χ3n) is 5.93. The first-order valence-electron chi connectivity index (χ1n) is 10.7. The molecule has 28 heavy (non-hydrogen) atoms. The molecule has 1 atom stereocenters. The zero-order valence-corrected chi connectivity index (χ0v) is 17.5. The number of methoxy groups -OCH3 is 1. The number of hydrogen-bond acceptors (Lipinski definition) is 4. The van der Waals surface area contributed by atoms with Crippen LogP contribution in [0.15, 0.2) is 36.4 Å². The topological polar surface area (TPSA) is 45.5 Å². The standard InChI is InChI=1S/C22H28N2O2.C2H6/c1-25-21-7-6-16-13-18(5-4-17(16)14-21)22(23)19-3-2-10-24(15-19)20-8-11-26-12-9-20;1-2/h4-7,13-14,19-20,23H,2-3,8-12,15H2,1H3;1-2H3. The molecule has 2 saturated heterocycles. The molecule has 1 N–H and O–H groups in total. The molecule has 0 radical (unpaired) electrons. The fraction of sp³-hybridized carbons (Fsp3) is 0.542. The average Bonchev–Trinajstić information content (AvgIpc) is 2.80. The van der Waals surface area contributed by atoms with Gasteiger partial charge >= 0.3 is 0 Å². The van der Waals surface area contributed by atoms with E-state index in [-0.39, 0.29) is 0 Å². The van der Waals surface area contributed by atoms with Crippen LogP contribution in [0.1, 0.15) is 45.1 Å². The van der Waals surface area contributed by atoms with Crippen molar-refractivity contribution in [2.75, 3.05) is 33.4 Å². The summed E-state index contributed by atoms with van der Waals surface area (Å²) in [7, 11) is 1.69. The number of rotatable bonds is 4. The first-order valence-corrected chi connectivity index (χ1v) is 10.7. The highest BCUT2D eigenvalue weighted by Gasteiger charge is 2.29. The lowest BCUT2D eigenvalue weighted by atomic mass is 9.87. The van der Waals surface area contributed by atoms with Crippen LogP contribution >= 0.6 is 0 Å². The number of nitrogens with one attached hydrogen (secondary N) is 1. The van der Waals surface area contributed by atoms with Crippen LogP contribution in [0.5, 0.6) is 5.75 Å². The molecule has 0 bridgehead atoms. The molecule has 1 unspecified atom stereocenters. The van der Waals surface area contributed by atoms with Crippen molar-refractivity contribution in [3.05, 3.63) is 42.0 Å². The second-order valence-electron chi connectivity index (χ2n) is 7.52. The van der Waals surface area contributed by atoms with Gasteiger partial charge in [0.05, 0.1) is 7.11 Å². The lowest BCUT2D eigenvalue weighted by molar-refractivity contribution is 0.0231. The Morgan fingerprint density at radius 2 is 1.75 bits per heavy atom. The van der Waals surface area contributed by atoms with E-state index in [0.29, 0.717) is 12.0 Å². The van der Waals surface area contributed by atoms with Crippen LogP contribution in [-0.4, -0.2) is 50.1 Å². The molecule has 2 aromatic rings. The Hall–Kier alpha value is -1.91. The van der Waals surface area contributed by atoms with Crippen molar-refractivity contribution in [2.24, 2.45) is 5.92 Å². The fourth-order valence-electron chi connectivity index (χ4n) is 4.38. The molecule has 4 heteroatoms. The van der Waals surface area contributed by atoms with Gasteiger partial charge in [-0.1, -0.05) is 32.0 Å². The van der Waals surface area contributed by atoms with Crippen molar-refractivity contribution in [1.29, 1.82) is 5.41 Å². The third kappa shape index (κ3) is 4.73. The van der Waals surface area contributed by atoms with E-state index in [2.05, 4.69) is 35.2 Å². The predicted molar refractivity (Wildman–Crippen MR) is 117 cm³/mol. The highest BCUT2D eigenvalue weighted by molar-refractivity contribution is 6.03. The summed E-state index contributed by atoms with van der Waals surface area (Å²) < 4.78 is 10.8. The van der Waals surface area contributed by atoms with E-state index in [1.807, 2.05) is 19.9 Å². The number of nitrogens with zero attached hydrogens (tertiary/aromatic N) is 1. The van der Waals surface area contributed by atoms with E-state index in [1.54, 1.807) is 7.11 Å². The number of hydrogen-bond donors (Lipinski definition) is 1. The van der Waals surface area contributed by atoms with Crippen LogP contribution < -0.4 is 4.74 Å². The maximum atomic E-state index is 8.81. The smallest absolute Gasteiger partial charge is 0.119 e. The lowest BCUT2D eigenvalue weighted by Crippen LogP contribution is -2.46. The highest BCUT2D eigenvalue weighted by Crippen LogP contribution is 2.27. The Kier molecular flexibility index (Phi) is 7.46. The van der Waals surface area contributed by atoms with E-state index in [9.17, 15) is 0 Å². The molecule has 4 nitrogen and oxygen atoms in total. The van der Waals surface area contributed by atoms with Gasteiger partial charge in [0, 0.05) is 37.4 Å². The summed E-state index contributed by atoms with van der Waals surface area (Å²) in [6.45, 7) is 7.96. The van der Waals surface area contributed by atoms with E-state index in [4.69, 9.17) is 14.9 Å². The predicted octanol–water partition coefficient (Wildman–Crippen LogP) is 5.13. The van der Waals surface area contributed by atoms with Gasteiger partial charge in [0.2, 0.25) is 0 Å². The quantitative estimate of drug-likeness (QED) is 0.745. The first kappa shape index (κ1) is 20.8. The van der Waals surface area contributed by atoms with E-state index in [0.717, 1.165) is 61.4 Å². The number of piperidine rings is 1. The molecule has 2 aliphatic rings. The van der Waals surface area contributed by atoms with Gasteiger partial charge in [-0.25, -0.2) is 0 Å². The molecule has 4 rings (SSSR count). The van der Waals surface area contributed by atoms with Gasteiger partial charge in [-0.15, -0.1) is 0 Å². The Morgan fingerprint density at radius 3 is 2.50 bits per heavy atom.